The van der Waals surface area contributed by atoms with Gasteiger partial charge in [-0.25, -0.2) is 8.78 Å². The molecule has 0 fully saturated rings. The molecule has 6 heteroatoms. The van der Waals surface area contributed by atoms with E-state index in [1.165, 1.54) is 6.07 Å². The van der Waals surface area contributed by atoms with Gasteiger partial charge in [-0.15, -0.1) is 0 Å². The number of carbonyl (C=O) groups excluding carboxylic acids is 1. The van der Waals surface area contributed by atoms with Crippen molar-refractivity contribution in [1.29, 1.82) is 0 Å². The molecule has 1 unspecified atom stereocenters. The highest BCUT2D eigenvalue weighted by molar-refractivity contribution is 5.94. The van der Waals surface area contributed by atoms with Crippen molar-refractivity contribution in [2.45, 2.75) is 45.6 Å². The van der Waals surface area contributed by atoms with Crippen molar-refractivity contribution in [3.63, 3.8) is 0 Å². The van der Waals surface area contributed by atoms with E-state index in [9.17, 15) is 18.4 Å². The number of aromatic nitrogens is 1. The van der Waals surface area contributed by atoms with E-state index in [2.05, 4.69) is 10.3 Å². The van der Waals surface area contributed by atoms with Crippen LogP contribution in [-0.4, -0.2) is 23.4 Å². The molecular weight excluding hydrogens is 326 g/mol. The Labute approximate surface area is 145 Å². The highest BCUT2D eigenvalue weighted by Crippen LogP contribution is 2.12. The number of aryl methyl sites for hydroxylation is 3. The molecule has 2 rings (SSSR count). The number of benzene rings is 1. The van der Waals surface area contributed by atoms with Gasteiger partial charge >= 0.3 is 0 Å². The molecule has 1 aromatic heterocycles. The monoisotopic (exact) mass is 348 g/mol. The average molecular weight is 348 g/mol. The van der Waals surface area contributed by atoms with Crippen molar-refractivity contribution in [3.05, 3.63) is 69.1 Å². The fourth-order valence-corrected chi connectivity index (χ4v) is 2.68. The van der Waals surface area contributed by atoms with Gasteiger partial charge in [0.15, 0.2) is 0 Å². The van der Waals surface area contributed by atoms with Gasteiger partial charge in [0.05, 0.1) is 6.04 Å². The van der Waals surface area contributed by atoms with Gasteiger partial charge in [-0.1, -0.05) is 37.3 Å². The van der Waals surface area contributed by atoms with Crippen LogP contribution in [0.4, 0.5) is 8.78 Å². The molecular formula is C19H22F2N2O2. The predicted octanol–water partition coefficient (Wildman–Crippen LogP) is 3.24. The summed E-state index contributed by atoms with van der Waals surface area (Å²) in [5.41, 5.74) is 1.71. The van der Waals surface area contributed by atoms with Crippen LogP contribution in [0.3, 0.4) is 0 Å². The minimum Gasteiger partial charge on any atom is -0.343 e. The minimum atomic E-state index is -2.71. The third kappa shape index (κ3) is 4.98. The predicted molar refractivity (Wildman–Crippen MR) is 93.2 cm³/mol. The summed E-state index contributed by atoms with van der Waals surface area (Å²) in [5, 5.41) is 2.30. The zero-order chi connectivity index (χ0) is 18.4. The molecule has 1 atom stereocenters. The first-order valence-electron chi connectivity index (χ1n) is 8.28. The molecule has 2 N–H and O–H groups in total. The number of pyridine rings is 1. The number of alkyl halides is 2. The molecule has 1 heterocycles. The number of rotatable bonds is 7. The SMILES string of the molecule is CCc1[nH]c(=O)c(C(=O)NC(CCc2ccccc2)C(F)F)cc1C. The third-order valence-electron chi connectivity index (χ3n) is 4.15. The van der Waals surface area contributed by atoms with Crippen LogP contribution in [0.25, 0.3) is 0 Å². The van der Waals surface area contributed by atoms with Gasteiger partial charge in [-0.05, 0) is 43.4 Å². The second-order valence-corrected chi connectivity index (χ2v) is 5.97. The lowest BCUT2D eigenvalue weighted by Gasteiger charge is -2.18. The van der Waals surface area contributed by atoms with Gasteiger partial charge in [0, 0.05) is 5.69 Å². The number of nitrogens with one attached hydrogen (secondary N) is 2. The number of hydrogen-bond donors (Lipinski definition) is 2. The van der Waals surface area contributed by atoms with Crippen LogP contribution in [0.15, 0.2) is 41.2 Å². The molecule has 0 radical (unpaired) electrons. The minimum absolute atomic E-state index is 0.0946. The molecule has 4 nitrogen and oxygen atoms in total. The molecule has 0 saturated carbocycles. The van der Waals surface area contributed by atoms with Crippen LogP contribution in [-0.2, 0) is 12.8 Å². The smallest absolute Gasteiger partial charge is 0.261 e. The van der Waals surface area contributed by atoms with Gasteiger partial charge in [-0.3, -0.25) is 9.59 Å². The van der Waals surface area contributed by atoms with E-state index in [4.69, 9.17) is 0 Å². The Morgan fingerprint density at radius 3 is 2.52 bits per heavy atom. The molecule has 0 aliphatic heterocycles. The van der Waals surface area contributed by atoms with Crippen molar-refractivity contribution in [1.82, 2.24) is 10.3 Å². The molecule has 0 aliphatic carbocycles. The third-order valence-corrected chi connectivity index (χ3v) is 4.15. The Kier molecular flexibility index (Phi) is 6.44. The second kappa shape index (κ2) is 8.55. The largest absolute Gasteiger partial charge is 0.343 e. The zero-order valence-electron chi connectivity index (χ0n) is 14.3. The summed E-state index contributed by atoms with van der Waals surface area (Å²) >= 11 is 0. The molecule has 134 valence electrons. The molecule has 25 heavy (non-hydrogen) atoms. The van der Waals surface area contributed by atoms with E-state index in [1.54, 1.807) is 6.92 Å². The average Bonchev–Trinajstić information content (AvgIpc) is 2.60. The van der Waals surface area contributed by atoms with Crippen molar-refractivity contribution in [2.75, 3.05) is 0 Å². The highest BCUT2D eigenvalue weighted by Gasteiger charge is 2.24. The number of amides is 1. The summed E-state index contributed by atoms with van der Waals surface area (Å²) in [6.45, 7) is 3.65. The summed E-state index contributed by atoms with van der Waals surface area (Å²) < 4.78 is 26.6. The Morgan fingerprint density at radius 2 is 1.92 bits per heavy atom. The van der Waals surface area contributed by atoms with E-state index in [0.29, 0.717) is 12.8 Å². The lowest BCUT2D eigenvalue weighted by molar-refractivity contribution is 0.0725. The van der Waals surface area contributed by atoms with Gasteiger partial charge in [0.2, 0.25) is 0 Å². The van der Waals surface area contributed by atoms with Crippen LogP contribution in [0.5, 0.6) is 0 Å². The van der Waals surface area contributed by atoms with Gasteiger partial charge < -0.3 is 10.3 Å². The summed E-state index contributed by atoms with van der Waals surface area (Å²) in [6.07, 6.45) is -1.57. The van der Waals surface area contributed by atoms with E-state index >= 15 is 0 Å². The maximum absolute atomic E-state index is 13.3. The quantitative estimate of drug-likeness (QED) is 0.807. The summed E-state index contributed by atoms with van der Waals surface area (Å²) in [5.74, 6) is -0.773. The first kappa shape index (κ1) is 18.8. The van der Waals surface area contributed by atoms with Crippen LogP contribution in [0.2, 0.25) is 0 Å². The Bertz CT molecular complexity index is 773. The molecule has 2 aromatic rings. The molecule has 0 saturated heterocycles. The van der Waals surface area contributed by atoms with Crippen molar-refractivity contribution < 1.29 is 13.6 Å². The standard InChI is InChI=1S/C19H22F2N2O2/c1-3-15-12(2)11-14(18(24)22-15)19(25)23-16(17(20)21)10-9-13-7-5-4-6-8-13/h4-8,11,16-17H,3,9-10H2,1-2H3,(H,22,24)(H,23,25). The lowest BCUT2D eigenvalue weighted by atomic mass is 10.0. The summed E-state index contributed by atoms with van der Waals surface area (Å²) in [4.78, 5) is 26.9. The molecule has 0 aliphatic rings. The van der Waals surface area contributed by atoms with Gasteiger partial charge in [-0.2, -0.15) is 0 Å². The maximum Gasteiger partial charge on any atom is 0.261 e. The number of H-pyrrole nitrogens is 1. The molecule has 1 amide bonds. The maximum atomic E-state index is 13.3. The van der Waals surface area contributed by atoms with Crippen molar-refractivity contribution in [2.24, 2.45) is 0 Å². The van der Waals surface area contributed by atoms with Gasteiger partial charge in [0.1, 0.15) is 5.56 Å². The van der Waals surface area contributed by atoms with Crippen LogP contribution in [0.1, 0.15) is 40.5 Å². The van der Waals surface area contributed by atoms with Crippen LogP contribution < -0.4 is 10.9 Å². The normalized spacial score (nSPS) is 12.2. The molecule has 0 spiro atoms. The van der Waals surface area contributed by atoms with Crippen molar-refractivity contribution in [3.8, 4) is 0 Å². The fraction of sp³-hybridized carbons (Fsp3) is 0.368. The topological polar surface area (TPSA) is 62.0 Å². The van der Waals surface area contributed by atoms with E-state index < -0.39 is 23.9 Å². The first-order chi connectivity index (χ1) is 11.9. The van der Waals surface area contributed by atoms with E-state index in [-0.39, 0.29) is 12.0 Å². The van der Waals surface area contributed by atoms with E-state index in [0.717, 1.165) is 16.8 Å². The fourth-order valence-electron chi connectivity index (χ4n) is 2.68. The first-order valence-corrected chi connectivity index (χ1v) is 8.28. The number of halogens is 2. The van der Waals surface area contributed by atoms with Crippen molar-refractivity contribution >= 4 is 5.91 Å². The Morgan fingerprint density at radius 1 is 1.24 bits per heavy atom. The van der Waals surface area contributed by atoms with Gasteiger partial charge in [0.25, 0.3) is 17.9 Å². The molecule has 1 aromatic carbocycles. The van der Waals surface area contributed by atoms with Crippen LogP contribution >= 0.6 is 0 Å². The lowest BCUT2D eigenvalue weighted by Crippen LogP contribution is -2.42. The Balaban J connectivity index is 2.10. The second-order valence-electron chi connectivity index (χ2n) is 5.97. The molecule has 0 bridgehead atoms. The van der Waals surface area contributed by atoms with Crippen LogP contribution in [0, 0.1) is 6.92 Å². The number of aromatic amines is 1. The summed E-state index contributed by atoms with van der Waals surface area (Å²) in [6, 6.07) is 9.37. The summed E-state index contributed by atoms with van der Waals surface area (Å²) in [7, 11) is 0. The highest BCUT2D eigenvalue weighted by atomic mass is 19.3. The Hall–Kier alpha value is -2.50. The zero-order valence-corrected chi connectivity index (χ0v) is 14.3. The number of carbonyl (C=O) groups is 1. The number of hydrogen-bond acceptors (Lipinski definition) is 2. The van der Waals surface area contributed by atoms with E-state index in [1.807, 2.05) is 37.3 Å².